The van der Waals surface area contributed by atoms with Gasteiger partial charge in [-0.25, -0.2) is 0 Å². The Morgan fingerprint density at radius 1 is 1.32 bits per heavy atom. The van der Waals surface area contributed by atoms with Crippen molar-refractivity contribution in [2.24, 2.45) is 0 Å². The molecule has 0 bridgehead atoms. The highest BCUT2D eigenvalue weighted by Crippen LogP contribution is 2.18. The standard InChI is InChI=1S/C16H21NOS/c1-12-9-14(6-7-16(12)18-3)11-17-13(2)10-15-5-4-8-19-15/h4-9,13,17H,10-11H2,1-3H3. The van der Waals surface area contributed by atoms with Gasteiger partial charge in [0.2, 0.25) is 0 Å². The summed E-state index contributed by atoms with van der Waals surface area (Å²) in [5, 5.41) is 5.70. The van der Waals surface area contributed by atoms with Gasteiger partial charge in [-0.1, -0.05) is 18.2 Å². The summed E-state index contributed by atoms with van der Waals surface area (Å²) in [5.74, 6) is 0.954. The summed E-state index contributed by atoms with van der Waals surface area (Å²) in [6.07, 6.45) is 1.09. The van der Waals surface area contributed by atoms with Crippen molar-refractivity contribution in [3.8, 4) is 5.75 Å². The Morgan fingerprint density at radius 2 is 2.16 bits per heavy atom. The molecule has 3 heteroatoms. The number of methoxy groups -OCH3 is 1. The van der Waals surface area contributed by atoms with Crippen LogP contribution in [-0.2, 0) is 13.0 Å². The summed E-state index contributed by atoms with van der Waals surface area (Å²) < 4.78 is 5.28. The zero-order chi connectivity index (χ0) is 13.7. The number of rotatable bonds is 6. The Kier molecular flexibility index (Phi) is 5.00. The molecule has 0 fully saturated rings. The molecule has 0 saturated heterocycles. The van der Waals surface area contributed by atoms with Crippen LogP contribution in [0, 0.1) is 6.92 Å². The van der Waals surface area contributed by atoms with E-state index in [2.05, 4.69) is 48.8 Å². The number of hydrogen-bond acceptors (Lipinski definition) is 3. The molecular formula is C16H21NOS. The fraction of sp³-hybridized carbons (Fsp3) is 0.375. The molecule has 2 aromatic rings. The van der Waals surface area contributed by atoms with Crippen LogP contribution in [0.4, 0.5) is 0 Å². The molecule has 1 atom stereocenters. The van der Waals surface area contributed by atoms with Crippen LogP contribution in [0.5, 0.6) is 5.75 Å². The molecule has 0 aliphatic rings. The summed E-state index contributed by atoms with van der Waals surface area (Å²) in [6, 6.07) is 11.1. The molecule has 102 valence electrons. The molecule has 0 radical (unpaired) electrons. The van der Waals surface area contributed by atoms with E-state index in [-0.39, 0.29) is 0 Å². The predicted octanol–water partition coefficient (Wildman–Crippen LogP) is 3.79. The van der Waals surface area contributed by atoms with E-state index in [4.69, 9.17) is 4.74 Å². The van der Waals surface area contributed by atoms with Crippen molar-refractivity contribution in [1.29, 1.82) is 0 Å². The minimum Gasteiger partial charge on any atom is -0.496 e. The third-order valence-electron chi connectivity index (χ3n) is 3.20. The second-order valence-corrected chi connectivity index (χ2v) is 5.90. The van der Waals surface area contributed by atoms with E-state index < -0.39 is 0 Å². The highest BCUT2D eigenvalue weighted by Gasteiger charge is 2.05. The van der Waals surface area contributed by atoms with E-state index >= 15 is 0 Å². The van der Waals surface area contributed by atoms with Crippen LogP contribution in [0.3, 0.4) is 0 Å². The molecule has 1 N–H and O–H groups in total. The van der Waals surface area contributed by atoms with Gasteiger partial charge in [0.05, 0.1) is 7.11 Å². The van der Waals surface area contributed by atoms with E-state index in [0.29, 0.717) is 6.04 Å². The molecule has 1 aromatic carbocycles. The molecule has 0 spiro atoms. The summed E-state index contributed by atoms with van der Waals surface area (Å²) in [6.45, 7) is 5.21. The van der Waals surface area contributed by atoms with E-state index in [1.54, 1.807) is 7.11 Å². The number of ether oxygens (including phenoxy) is 1. The lowest BCUT2D eigenvalue weighted by Crippen LogP contribution is -2.27. The maximum atomic E-state index is 5.28. The fourth-order valence-corrected chi connectivity index (χ4v) is 2.98. The first kappa shape index (κ1) is 14.1. The molecule has 2 nitrogen and oxygen atoms in total. The zero-order valence-electron chi connectivity index (χ0n) is 11.8. The van der Waals surface area contributed by atoms with Crippen LogP contribution in [-0.4, -0.2) is 13.2 Å². The van der Waals surface area contributed by atoms with Crippen molar-refractivity contribution < 1.29 is 4.74 Å². The third kappa shape index (κ3) is 4.08. The monoisotopic (exact) mass is 275 g/mol. The summed E-state index contributed by atoms with van der Waals surface area (Å²) in [7, 11) is 1.71. The Balaban J connectivity index is 1.86. The van der Waals surface area contributed by atoms with Crippen molar-refractivity contribution in [3.05, 3.63) is 51.7 Å². The topological polar surface area (TPSA) is 21.3 Å². The number of aryl methyl sites for hydroxylation is 1. The van der Waals surface area contributed by atoms with Gasteiger partial charge in [-0.05, 0) is 48.9 Å². The van der Waals surface area contributed by atoms with Crippen molar-refractivity contribution in [2.45, 2.75) is 32.9 Å². The Labute approximate surface area is 119 Å². The van der Waals surface area contributed by atoms with E-state index in [1.165, 1.54) is 16.0 Å². The van der Waals surface area contributed by atoms with Crippen LogP contribution in [0.2, 0.25) is 0 Å². The second-order valence-electron chi connectivity index (χ2n) is 4.87. The average Bonchev–Trinajstić information content (AvgIpc) is 2.89. The number of hydrogen-bond donors (Lipinski definition) is 1. The smallest absolute Gasteiger partial charge is 0.121 e. The Bertz CT molecular complexity index is 507. The van der Waals surface area contributed by atoms with E-state index in [0.717, 1.165) is 18.7 Å². The first-order valence-corrected chi connectivity index (χ1v) is 7.46. The molecule has 0 aliphatic heterocycles. The predicted molar refractivity (Wildman–Crippen MR) is 82.1 cm³/mol. The van der Waals surface area contributed by atoms with Crippen molar-refractivity contribution in [2.75, 3.05) is 7.11 Å². The largest absolute Gasteiger partial charge is 0.496 e. The fourth-order valence-electron chi connectivity index (χ4n) is 2.15. The van der Waals surface area contributed by atoms with Crippen LogP contribution in [0.15, 0.2) is 35.7 Å². The van der Waals surface area contributed by atoms with Gasteiger partial charge < -0.3 is 10.1 Å². The maximum absolute atomic E-state index is 5.28. The average molecular weight is 275 g/mol. The number of nitrogens with one attached hydrogen (secondary N) is 1. The summed E-state index contributed by atoms with van der Waals surface area (Å²) in [4.78, 5) is 1.44. The molecule has 0 amide bonds. The normalized spacial score (nSPS) is 12.4. The van der Waals surface area contributed by atoms with Gasteiger partial charge in [-0.15, -0.1) is 11.3 Å². The van der Waals surface area contributed by atoms with Gasteiger partial charge in [-0.3, -0.25) is 0 Å². The molecule has 1 unspecified atom stereocenters. The van der Waals surface area contributed by atoms with Crippen molar-refractivity contribution >= 4 is 11.3 Å². The molecule has 2 rings (SSSR count). The first-order chi connectivity index (χ1) is 9.19. The van der Waals surface area contributed by atoms with Crippen LogP contribution in [0.25, 0.3) is 0 Å². The van der Waals surface area contributed by atoms with Crippen molar-refractivity contribution in [1.82, 2.24) is 5.32 Å². The quantitative estimate of drug-likeness (QED) is 0.866. The van der Waals surface area contributed by atoms with Crippen LogP contribution >= 0.6 is 11.3 Å². The van der Waals surface area contributed by atoms with Gasteiger partial charge in [0.15, 0.2) is 0 Å². The minimum atomic E-state index is 0.487. The minimum absolute atomic E-state index is 0.487. The Hall–Kier alpha value is -1.32. The van der Waals surface area contributed by atoms with Gasteiger partial charge in [0, 0.05) is 17.5 Å². The van der Waals surface area contributed by atoms with Gasteiger partial charge >= 0.3 is 0 Å². The Morgan fingerprint density at radius 3 is 2.79 bits per heavy atom. The summed E-state index contributed by atoms with van der Waals surface area (Å²) in [5.41, 5.74) is 2.49. The third-order valence-corrected chi connectivity index (χ3v) is 4.10. The van der Waals surface area contributed by atoms with E-state index in [9.17, 15) is 0 Å². The highest BCUT2D eigenvalue weighted by molar-refractivity contribution is 7.09. The lowest BCUT2D eigenvalue weighted by atomic mass is 10.1. The molecule has 0 saturated carbocycles. The SMILES string of the molecule is COc1ccc(CNC(C)Cc2cccs2)cc1C. The lowest BCUT2D eigenvalue weighted by Gasteiger charge is -2.14. The lowest BCUT2D eigenvalue weighted by molar-refractivity contribution is 0.411. The molecule has 1 aromatic heterocycles. The van der Waals surface area contributed by atoms with Gasteiger partial charge in [-0.2, -0.15) is 0 Å². The first-order valence-electron chi connectivity index (χ1n) is 6.58. The molecule has 1 heterocycles. The van der Waals surface area contributed by atoms with E-state index in [1.807, 2.05) is 17.4 Å². The van der Waals surface area contributed by atoms with Gasteiger partial charge in [0.1, 0.15) is 5.75 Å². The highest BCUT2D eigenvalue weighted by atomic mass is 32.1. The van der Waals surface area contributed by atoms with Gasteiger partial charge in [0.25, 0.3) is 0 Å². The summed E-state index contributed by atoms with van der Waals surface area (Å²) >= 11 is 1.82. The molecular weight excluding hydrogens is 254 g/mol. The number of benzene rings is 1. The van der Waals surface area contributed by atoms with Crippen molar-refractivity contribution in [3.63, 3.8) is 0 Å². The molecule has 19 heavy (non-hydrogen) atoms. The van der Waals surface area contributed by atoms with Crippen LogP contribution < -0.4 is 10.1 Å². The van der Waals surface area contributed by atoms with Crippen LogP contribution in [0.1, 0.15) is 22.9 Å². The zero-order valence-corrected chi connectivity index (χ0v) is 12.6. The maximum Gasteiger partial charge on any atom is 0.121 e. The second kappa shape index (κ2) is 6.73. The number of thiophene rings is 1. The molecule has 0 aliphatic carbocycles.